The molecule has 1 amide bonds. The highest BCUT2D eigenvalue weighted by molar-refractivity contribution is 9.10. The molecule has 0 fully saturated rings. The maximum Gasteiger partial charge on any atom is 0.254 e. The molecule has 1 aromatic heterocycles. The summed E-state index contributed by atoms with van der Waals surface area (Å²) in [4.78, 5) is 20.1. The molecule has 2 aromatic rings. The molecule has 110 valence electrons. The monoisotopic (exact) mass is 347 g/mol. The van der Waals surface area contributed by atoms with Gasteiger partial charge in [0.1, 0.15) is 4.60 Å². The number of hydrogen-bond acceptors (Lipinski definition) is 3. The maximum absolute atomic E-state index is 12.3. The number of halogens is 1. The van der Waals surface area contributed by atoms with Gasteiger partial charge in [-0.05, 0) is 45.8 Å². The number of nitrogens with zero attached hydrogens (tertiary/aromatic N) is 3. The molecule has 1 heterocycles. The molecule has 0 atom stereocenters. The number of aromatic nitrogens is 1. The van der Waals surface area contributed by atoms with Gasteiger partial charge in [-0.15, -0.1) is 0 Å². The summed E-state index contributed by atoms with van der Waals surface area (Å²) in [6.45, 7) is 0.576. The number of rotatable bonds is 4. The van der Waals surface area contributed by atoms with Crippen molar-refractivity contribution in [2.75, 3.05) is 26.0 Å². The van der Waals surface area contributed by atoms with E-state index in [9.17, 15) is 4.79 Å². The predicted octanol–water partition coefficient (Wildman–Crippen LogP) is 3.18. The summed E-state index contributed by atoms with van der Waals surface area (Å²) in [5.74, 6) is -0.0187. The van der Waals surface area contributed by atoms with E-state index in [0.29, 0.717) is 16.7 Å². The Kier molecular flexibility index (Phi) is 4.96. The third kappa shape index (κ3) is 4.04. The highest BCUT2D eigenvalue weighted by Gasteiger charge is 2.12. The van der Waals surface area contributed by atoms with Crippen molar-refractivity contribution in [1.82, 2.24) is 9.88 Å². The Morgan fingerprint density at radius 1 is 1.14 bits per heavy atom. The first-order chi connectivity index (χ1) is 9.97. The van der Waals surface area contributed by atoms with Crippen LogP contribution in [0.2, 0.25) is 0 Å². The first kappa shape index (κ1) is 15.5. The van der Waals surface area contributed by atoms with Crippen LogP contribution in [-0.2, 0) is 6.54 Å². The van der Waals surface area contributed by atoms with E-state index in [-0.39, 0.29) is 5.91 Å². The Bertz CT molecular complexity index is 626. The lowest BCUT2D eigenvalue weighted by Gasteiger charge is -2.18. The lowest BCUT2D eigenvalue weighted by molar-refractivity contribution is 0.0785. The highest BCUT2D eigenvalue weighted by atomic mass is 79.9. The number of benzene rings is 1. The number of amides is 1. The fourth-order valence-electron chi connectivity index (χ4n) is 2.00. The van der Waals surface area contributed by atoms with Crippen LogP contribution in [0.5, 0.6) is 0 Å². The van der Waals surface area contributed by atoms with Crippen molar-refractivity contribution in [2.24, 2.45) is 0 Å². The Morgan fingerprint density at radius 3 is 2.38 bits per heavy atom. The van der Waals surface area contributed by atoms with Gasteiger partial charge in [-0.25, -0.2) is 4.98 Å². The quantitative estimate of drug-likeness (QED) is 0.797. The van der Waals surface area contributed by atoms with Gasteiger partial charge in [-0.2, -0.15) is 0 Å². The number of pyridine rings is 1. The number of hydrogen-bond donors (Lipinski definition) is 0. The van der Waals surface area contributed by atoms with Gasteiger partial charge in [-0.3, -0.25) is 4.79 Å². The Balaban J connectivity index is 2.07. The van der Waals surface area contributed by atoms with E-state index in [1.807, 2.05) is 31.1 Å². The van der Waals surface area contributed by atoms with E-state index in [1.165, 1.54) is 0 Å². The Hall–Kier alpha value is -1.88. The molecule has 5 heteroatoms. The third-order valence-corrected chi connectivity index (χ3v) is 3.63. The molecular formula is C16H18BrN3O. The predicted molar refractivity (Wildman–Crippen MR) is 88.5 cm³/mol. The molecule has 0 unspecified atom stereocenters. The van der Waals surface area contributed by atoms with Gasteiger partial charge in [0.15, 0.2) is 0 Å². The van der Waals surface area contributed by atoms with Crippen molar-refractivity contribution in [1.29, 1.82) is 0 Å². The second-order valence-electron chi connectivity index (χ2n) is 5.09. The first-order valence-electron chi connectivity index (χ1n) is 6.60. The molecular weight excluding hydrogens is 330 g/mol. The largest absolute Gasteiger partial charge is 0.378 e. The Morgan fingerprint density at radius 2 is 1.81 bits per heavy atom. The van der Waals surface area contributed by atoms with Crippen molar-refractivity contribution in [3.05, 3.63) is 58.3 Å². The van der Waals surface area contributed by atoms with Gasteiger partial charge in [0.25, 0.3) is 5.91 Å². The van der Waals surface area contributed by atoms with Gasteiger partial charge >= 0.3 is 0 Å². The van der Waals surface area contributed by atoms with Gasteiger partial charge in [-0.1, -0.05) is 12.1 Å². The molecule has 0 aliphatic heterocycles. The topological polar surface area (TPSA) is 36.4 Å². The van der Waals surface area contributed by atoms with Gasteiger partial charge in [0.2, 0.25) is 0 Å². The zero-order chi connectivity index (χ0) is 15.4. The van der Waals surface area contributed by atoms with Crippen LogP contribution in [0.1, 0.15) is 15.9 Å². The van der Waals surface area contributed by atoms with Crippen LogP contribution in [0.25, 0.3) is 0 Å². The van der Waals surface area contributed by atoms with Gasteiger partial charge in [0.05, 0.1) is 0 Å². The van der Waals surface area contributed by atoms with E-state index in [4.69, 9.17) is 0 Å². The summed E-state index contributed by atoms with van der Waals surface area (Å²) in [5, 5.41) is 0. The summed E-state index contributed by atoms with van der Waals surface area (Å²) in [5.41, 5.74) is 2.87. The molecule has 0 saturated heterocycles. The van der Waals surface area contributed by atoms with Crippen molar-refractivity contribution >= 4 is 27.5 Å². The fourth-order valence-corrected chi connectivity index (χ4v) is 2.37. The second kappa shape index (κ2) is 6.72. The van der Waals surface area contributed by atoms with Crippen molar-refractivity contribution in [2.45, 2.75) is 6.54 Å². The van der Waals surface area contributed by atoms with Crippen LogP contribution in [0, 0.1) is 0 Å². The zero-order valence-electron chi connectivity index (χ0n) is 12.4. The number of carbonyl (C=O) groups is 1. The average Bonchev–Trinajstić information content (AvgIpc) is 2.47. The minimum absolute atomic E-state index is 0.0187. The molecule has 0 aliphatic rings. The maximum atomic E-state index is 12.3. The SMILES string of the molecule is CN(Cc1ccc(N(C)C)cc1)C(=O)c1ccnc(Br)c1. The molecule has 21 heavy (non-hydrogen) atoms. The van der Waals surface area contributed by atoms with Crippen LogP contribution < -0.4 is 4.90 Å². The fraction of sp³-hybridized carbons (Fsp3) is 0.250. The Labute approximate surface area is 133 Å². The summed E-state index contributed by atoms with van der Waals surface area (Å²) in [6, 6.07) is 11.6. The summed E-state index contributed by atoms with van der Waals surface area (Å²) in [6.07, 6.45) is 1.62. The summed E-state index contributed by atoms with van der Waals surface area (Å²) >= 11 is 3.28. The van der Waals surface area contributed by atoms with Crippen molar-refractivity contribution in [3.63, 3.8) is 0 Å². The normalized spacial score (nSPS) is 10.3. The molecule has 4 nitrogen and oxygen atoms in total. The highest BCUT2D eigenvalue weighted by Crippen LogP contribution is 2.15. The molecule has 0 spiro atoms. The molecule has 2 rings (SSSR count). The lowest BCUT2D eigenvalue weighted by atomic mass is 10.1. The molecule has 0 saturated carbocycles. The zero-order valence-corrected chi connectivity index (χ0v) is 14.0. The van der Waals surface area contributed by atoms with Crippen LogP contribution in [0.4, 0.5) is 5.69 Å². The second-order valence-corrected chi connectivity index (χ2v) is 5.90. The van der Waals surface area contributed by atoms with E-state index >= 15 is 0 Å². The number of anilines is 1. The van der Waals surface area contributed by atoms with Crippen LogP contribution in [-0.4, -0.2) is 36.9 Å². The van der Waals surface area contributed by atoms with E-state index < -0.39 is 0 Å². The first-order valence-corrected chi connectivity index (χ1v) is 7.40. The standard InChI is InChI=1S/C16H18BrN3O/c1-19(2)14-6-4-12(5-7-14)11-20(3)16(21)13-8-9-18-15(17)10-13/h4-10H,11H2,1-3H3. The summed E-state index contributed by atoms with van der Waals surface area (Å²) in [7, 11) is 5.81. The van der Waals surface area contributed by atoms with Crippen LogP contribution in [0.3, 0.4) is 0 Å². The molecule has 0 aliphatic carbocycles. The van der Waals surface area contributed by atoms with Gasteiger partial charge in [0, 0.05) is 45.1 Å². The molecule has 1 aromatic carbocycles. The van der Waals surface area contributed by atoms with Crippen molar-refractivity contribution < 1.29 is 4.79 Å². The van der Waals surface area contributed by atoms with Gasteiger partial charge < -0.3 is 9.80 Å². The van der Waals surface area contributed by atoms with E-state index in [2.05, 4.69) is 33.0 Å². The number of carbonyl (C=O) groups excluding carboxylic acids is 1. The smallest absolute Gasteiger partial charge is 0.254 e. The molecule has 0 bridgehead atoms. The lowest BCUT2D eigenvalue weighted by Crippen LogP contribution is -2.26. The minimum Gasteiger partial charge on any atom is -0.378 e. The molecule has 0 radical (unpaired) electrons. The summed E-state index contributed by atoms with van der Waals surface area (Å²) < 4.78 is 0.664. The third-order valence-electron chi connectivity index (χ3n) is 3.19. The van der Waals surface area contributed by atoms with E-state index in [0.717, 1.165) is 11.3 Å². The minimum atomic E-state index is -0.0187. The van der Waals surface area contributed by atoms with Crippen molar-refractivity contribution in [3.8, 4) is 0 Å². The van der Waals surface area contributed by atoms with E-state index in [1.54, 1.807) is 30.3 Å². The molecule has 0 N–H and O–H groups in total. The average molecular weight is 348 g/mol. The van der Waals surface area contributed by atoms with Crippen LogP contribution in [0.15, 0.2) is 47.2 Å². The van der Waals surface area contributed by atoms with Crippen LogP contribution >= 0.6 is 15.9 Å².